The number of piperidine rings is 1. The fourth-order valence-electron chi connectivity index (χ4n) is 3.26. The summed E-state index contributed by atoms with van der Waals surface area (Å²) in [6.45, 7) is 1.16. The number of hydrogen-bond donors (Lipinski definition) is 2. The summed E-state index contributed by atoms with van der Waals surface area (Å²) in [6, 6.07) is 4.88. The molecule has 1 aromatic carbocycles. The molecule has 0 spiro atoms. The van der Waals surface area contributed by atoms with Crippen molar-refractivity contribution in [2.75, 3.05) is 13.1 Å². The predicted molar refractivity (Wildman–Crippen MR) is 77.4 cm³/mol. The minimum absolute atomic E-state index is 0.107. The van der Waals surface area contributed by atoms with Crippen molar-refractivity contribution in [2.45, 2.75) is 44.2 Å². The highest BCUT2D eigenvalue weighted by molar-refractivity contribution is 5.75. The molecular weight excluding hydrogens is 271 g/mol. The van der Waals surface area contributed by atoms with Crippen LogP contribution in [0.25, 0.3) is 0 Å². The van der Waals surface area contributed by atoms with Crippen molar-refractivity contribution in [3.63, 3.8) is 0 Å². The average molecular weight is 292 g/mol. The molecule has 1 saturated heterocycles. The Morgan fingerprint density at radius 3 is 2.81 bits per heavy atom. The molecule has 21 heavy (non-hydrogen) atoms. The lowest BCUT2D eigenvalue weighted by Gasteiger charge is -2.33. The number of likely N-dealkylation sites (tertiary alicyclic amines) is 1. The van der Waals surface area contributed by atoms with Crippen LogP contribution < -0.4 is 5.32 Å². The van der Waals surface area contributed by atoms with E-state index >= 15 is 0 Å². The topological polar surface area (TPSA) is 52.6 Å². The average Bonchev–Trinajstić information content (AvgIpc) is 2.49. The normalized spacial score (nSPS) is 22.8. The lowest BCUT2D eigenvalue weighted by atomic mass is 9.87. The minimum Gasteiger partial charge on any atom is -0.393 e. The quantitative estimate of drug-likeness (QED) is 0.835. The number of aliphatic hydroxyl groups excluding tert-OH is 1. The van der Waals surface area contributed by atoms with Gasteiger partial charge in [-0.2, -0.15) is 0 Å². The molecule has 1 aliphatic heterocycles. The molecule has 0 bridgehead atoms. The van der Waals surface area contributed by atoms with E-state index in [0.29, 0.717) is 25.9 Å². The molecule has 5 heteroatoms. The van der Waals surface area contributed by atoms with Crippen molar-refractivity contribution in [1.29, 1.82) is 0 Å². The molecule has 4 nitrogen and oxygen atoms in total. The van der Waals surface area contributed by atoms with Crippen LogP contribution in [0.4, 0.5) is 9.18 Å². The Balaban J connectivity index is 1.69. The first-order valence-electron chi connectivity index (χ1n) is 7.66. The summed E-state index contributed by atoms with van der Waals surface area (Å²) in [5.74, 6) is -0.174. The van der Waals surface area contributed by atoms with Crippen LogP contribution in [0.1, 0.15) is 42.9 Å². The third-order valence-electron chi connectivity index (χ3n) is 4.50. The molecule has 1 unspecified atom stereocenters. The molecule has 1 heterocycles. The van der Waals surface area contributed by atoms with E-state index in [0.717, 1.165) is 30.4 Å². The molecule has 2 aliphatic rings. The van der Waals surface area contributed by atoms with Gasteiger partial charge >= 0.3 is 6.03 Å². The first-order valence-corrected chi connectivity index (χ1v) is 7.66. The zero-order chi connectivity index (χ0) is 14.8. The minimum atomic E-state index is -0.293. The van der Waals surface area contributed by atoms with Gasteiger partial charge in [-0.3, -0.25) is 0 Å². The molecule has 2 amide bonds. The molecule has 3 rings (SSSR count). The lowest BCUT2D eigenvalue weighted by molar-refractivity contribution is 0.0926. The highest BCUT2D eigenvalue weighted by atomic mass is 19.1. The van der Waals surface area contributed by atoms with Crippen LogP contribution in [0.5, 0.6) is 0 Å². The fraction of sp³-hybridized carbons (Fsp3) is 0.562. The first-order chi connectivity index (χ1) is 10.1. The van der Waals surface area contributed by atoms with E-state index in [9.17, 15) is 14.3 Å². The maximum Gasteiger partial charge on any atom is 0.317 e. The molecule has 0 aromatic heterocycles. The van der Waals surface area contributed by atoms with Crippen LogP contribution in [0.3, 0.4) is 0 Å². The van der Waals surface area contributed by atoms with Crippen molar-refractivity contribution in [3.05, 3.63) is 35.1 Å². The van der Waals surface area contributed by atoms with Crippen LogP contribution >= 0.6 is 0 Å². The van der Waals surface area contributed by atoms with E-state index in [1.54, 1.807) is 11.0 Å². The summed E-state index contributed by atoms with van der Waals surface area (Å²) >= 11 is 0. The van der Waals surface area contributed by atoms with Crippen LogP contribution in [0.15, 0.2) is 18.2 Å². The SMILES string of the molecule is O=C(NC1CCCc2c(F)cccc21)N1CCC(O)CC1. The third-order valence-corrected chi connectivity index (χ3v) is 4.50. The van der Waals surface area contributed by atoms with E-state index in [2.05, 4.69) is 5.32 Å². The molecule has 1 atom stereocenters. The van der Waals surface area contributed by atoms with E-state index < -0.39 is 0 Å². The number of fused-ring (bicyclic) bond motifs is 1. The molecule has 0 saturated carbocycles. The number of nitrogens with one attached hydrogen (secondary N) is 1. The first kappa shape index (κ1) is 14.3. The zero-order valence-corrected chi connectivity index (χ0v) is 12.0. The molecule has 2 N–H and O–H groups in total. The van der Waals surface area contributed by atoms with Gasteiger partial charge in [0.25, 0.3) is 0 Å². The largest absolute Gasteiger partial charge is 0.393 e. The Kier molecular flexibility index (Phi) is 4.10. The van der Waals surface area contributed by atoms with E-state index in [-0.39, 0.29) is 24.0 Å². The third kappa shape index (κ3) is 3.02. The fourth-order valence-corrected chi connectivity index (χ4v) is 3.26. The van der Waals surface area contributed by atoms with Gasteiger partial charge in [-0.05, 0) is 49.3 Å². The van der Waals surface area contributed by atoms with Crippen LogP contribution in [-0.4, -0.2) is 35.2 Å². The number of halogens is 1. The van der Waals surface area contributed by atoms with E-state index in [4.69, 9.17) is 0 Å². The zero-order valence-electron chi connectivity index (χ0n) is 12.0. The van der Waals surface area contributed by atoms with Gasteiger partial charge in [-0.25, -0.2) is 9.18 Å². The number of nitrogens with zero attached hydrogens (tertiary/aromatic N) is 1. The van der Waals surface area contributed by atoms with Gasteiger partial charge in [0.15, 0.2) is 0 Å². The Bertz CT molecular complexity index is 527. The second kappa shape index (κ2) is 6.02. The van der Waals surface area contributed by atoms with Gasteiger partial charge in [-0.1, -0.05) is 12.1 Å². The maximum atomic E-state index is 13.8. The number of rotatable bonds is 1. The van der Waals surface area contributed by atoms with Gasteiger partial charge in [0.1, 0.15) is 5.82 Å². The summed E-state index contributed by atoms with van der Waals surface area (Å²) in [6.07, 6.45) is 3.44. The van der Waals surface area contributed by atoms with Gasteiger partial charge in [0, 0.05) is 13.1 Å². The van der Waals surface area contributed by atoms with Crippen LogP contribution in [0, 0.1) is 5.82 Å². The summed E-state index contributed by atoms with van der Waals surface area (Å²) in [5, 5.41) is 12.5. The van der Waals surface area contributed by atoms with Crippen molar-refractivity contribution in [1.82, 2.24) is 10.2 Å². The smallest absolute Gasteiger partial charge is 0.317 e. The molecular formula is C16H21FN2O2. The summed E-state index contributed by atoms with van der Waals surface area (Å²) < 4.78 is 13.8. The monoisotopic (exact) mass is 292 g/mol. The summed E-state index contributed by atoms with van der Waals surface area (Å²) in [5.41, 5.74) is 1.65. The number of carbonyl (C=O) groups is 1. The Morgan fingerprint density at radius 1 is 1.29 bits per heavy atom. The number of urea groups is 1. The second-order valence-electron chi connectivity index (χ2n) is 5.92. The molecule has 1 fully saturated rings. The predicted octanol–water partition coefficient (Wildman–Crippen LogP) is 2.37. The lowest BCUT2D eigenvalue weighted by Crippen LogP contribution is -2.46. The molecule has 1 aliphatic carbocycles. The molecule has 1 aromatic rings. The van der Waals surface area contributed by atoms with Gasteiger partial charge < -0.3 is 15.3 Å². The Labute approximate surface area is 124 Å². The molecule has 0 radical (unpaired) electrons. The van der Waals surface area contributed by atoms with Crippen molar-refractivity contribution in [2.24, 2.45) is 0 Å². The van der Waals surface area contributed by atoms with Crippen molar-refractivity contribution in [3.8, 4) is 0 Å². The highest BCUT2D eigenvalue weighted by Gasteiger charge is 2.27. The van der Waals surface area contributed by atoms with Gasteiger partial charge in [0.05, 0.1) is 12.1 Å². The summed E-state index contributed by atoms with van der Waals surface area (Å²) in [4.78, 5) is 14.0. The van der Waals surface area contributed by atoms with Crippen LogP contribution in [-0.2, 0) is 6.42 Å². The number of aliphatic hydroxyl groups is 1. The van der Waals surface area contributed by atoms with E-state index in [1.807, 2.05) is 6.07 Å². The van der Waals surface area contributed by atoms with Crippen LogP contribution in [0.2, 0.25) is 0 Å². The number of benzene rings is 1. The Hall–Kier alpha value is -1.62. The van der Waals surface area contributed by atoms with Gasteiger partial charge in [-0.15, -0.1) is 0 Å². The van der Waals surface area contributed by atoms with Crippen molar-refractivity contribution >= 4 is 6.03 Å². The highest BCUT2D eigenvalue weighted by Crippen LogP contribution is 2.31. The summed E-state index contributed by atoms with van der Waals surface area (Å²) in [7, 11) is 0. The Morgan fingerprint density at radius 2 is 2.05 bits per heavy atom. The van der Waals surface area contributed by atoms with Gasteiger partial charge in [0.2, 0.25) is 0 Å². The number of amides is 2. The standard InChI is InChI=1S/C16H21FN2O2/c17-14-5-1-4-13-12(14)3-2-6-15(13)18-16(21)19-9-7-11(20)8-10-19/h1,4-5,11,15,20H,2-3,6-10H2,(H,18,21). The maximum absolute atomic E-state index is 13.8. The second-order valence-corrected chi connectivity index (χ2v) is 5.92. The number of hydrogen-bond acceptors (Lipinski definition) is 2. The number of carbonyl (C=O) groups excluding carboxylic acids is 1. The molecule has 114 valence electrons. The van der Waals surface area contributed by atoms with E-state index in [1.165, 1.54) is 6.07 Å². The van der Waals surface area contributed by atoms with Crippen molar-refractivity contribution < 1.29 is 14.3 Å².